The maximum atomic E-state index is 3.54. The highest BCUT2D eigenvalue weighted by molar-refractivity contribution is 5.38. The van der Waals surface area contributed by atoms with Crippen molar-refractivity contribution in [3.63, 3.8) is 0 Å². The first-order valence-corrected chi connectivity index (χ1v) is 7.09. The Morgan fingerprint density at radius 2 is 1.72 bits per heavy atom. The molecule has 1 saturated carbocycles. The van der Waals surface area contributed by atoms with Crippen LogP contribution < -0.4 is 5.32 Å². The Morgan fingerprint density at radius 1 is 1.22 bits per heavy atom. The molecule has 1 fully saturated rings. The Balaban J connectivity index is 2.18. The van der Waals surface area contributed by atoms with E-state index in [9.17, 15) is 0 Å². The molecule has 1 nitrogen and oxygen atoms in total. The van der Waals surface area contributed by atoms with Crippen LogP contribution in [0.5, 0.6) is 0 Å². The third-order valence-electron chi connectivity index (χ3n) is 4.71. The van der Waals surface area contributed by atoms with E-state index in [1.165, 1.54) is 29.5 Å². The Hall–Kier alpha value is -0.820. The van der Waals surface area contributed by atoms with Crippen molar-refractivity contribution in [2.75, 3.05) is 7.05 Å². The molecule has 1 heteroatoms. The van der Waals surface area contributed by atoms with Crippen LogP contribution in [0.2, 0.25) is 0 Å². The first-order valence-electron chi connectivity index (χ1n) is 7.09. The first-order chi connectivity index (χ1) is 8.35. The molecule has 0 radical (unpaired) electrons. The highest BCUT2D eigenvalue weighted by Crippen LogP contribution is 2.54. The molecule has 2 unspecified atom stereocenters. The van der Waals surface area contributed by atoms with Gasteiger partial charge in [-0.15, -0.1) is 0 Å². The lowest BCUT2D eigenvalue weighted by Crippen LogP contribution is -2.32. The molecule has 18 heavy (non-hydrogen) atoms. The number of hydrogen-bond acceptors (Lipinski definition) is 1. The van der Waals surface area contributed by atoms with Gasteiger partial charge in [-0.05, 0) is 68.7 Å². The topological polar surface area (TPSA) is 12.0 Å². The standard InChI is InChI=1S/C17H27N/c1-11-7-12(2)14(13(3)8-11)9-16(18-6)15-10-17(15,4)5/h7-8,15-16,18H,9-10H2,1-6H3. The SMILES string of the molecule is CNC(Cc1c(C)cc(C)cc1C)C1CC1(C)C. The molecule has 0 bridgehead atoms. The molecule has 0 aliphatic heterocycles. The fourth-order valence-electron chi connectivity index (χ4n) is 3.39. The Kier molecular flexibility index (Phi) is 3.55. The second-order valence-corrected chi connectivity index (χ2v) is 6.78. The number of aryl methyl sites for hydroxylation is 3. The molecule has 0 saturated heterocycles. The smallest absolute Gasteiger partial charge is 0.0138 e. The summed E-state index contributed by atoms with van der Waals surface area (Å²) >= 11 is 0. The highest BCUT2D eigenvalue weighted by atomic mass is 14.9. The minimum absolute atomic E-state index is 0.542. The van der Waals surface area contributed by atoms with E-state index < -0.39 is 0 Å². The zero-order chi connectivity index (χ0) is 13.5. The van der Waals surface area contributed by atoms with E-state index in [2.05, 4.69) is 59.1 Å². The Bertz CT molecular complexity index is 422. The predicted molar refractivity (Wildman–Crippen MR) is 79.1 cm³/mol. The molecule has 0 amide bonds. The van der Waals surface area contributed by atoms with Crippen LogP contribution in [-0.2, 0) is 6.42 Å². The van der Waals surface area contributed by atoms with Crippen molar-refractivity contribution in [1.29, 1.82) is 0 Å². The largest absolute Gasteiger partial charge is 0.316 e. The molecule has 1 N–H and O–H groups in total. The third-order valence-corrected chi connectivity index (χ3v) is 4.71. The molecule has 1 aliphatic carbocycles. The molecular formula is C17H27N. The first kappa shape index (κ1) is 13.6. The van der Waals surface area contributed by atoms with Gasteiger partial charge in [-0.1, -0.05) is 31.5 Å². The summed E-state index contributed by atoms with van der Waals surface area (Å²) in [5, 5.41) is 3.54. The van der Waals surface area contributed by atoms with Gasteiger partial charge in [0.1, 0.15) is 0 Å². The van der Waals surface area contributed by atoms with Crippen LogP contribution >= 0.6 is 0 Å². The molecule has 0 aromatic heterocycles. The average molecular weight is 245 g/mol. The van der Waals surface area contributed by atoms with E-state index >= 15 is 0 Å². The molecule has 100 valence electrons. The van der Waals surface area contributed by atoms with Gasteiger partial charge in [-0.3, -0.25) is 0 Å². The second-order valence-electron chi connectivity index (χ2n) is 6.78. The Labute approximate surface area is 112 Å². The molecule has 1 aromatic carbocycles. The van der Waals surface area contributed by atoms with Crippen molar-refractivity contribution >= 4 is 0 Å². The van der Waals surface area contributed by atoms with Gasteiger partial charge >= 0.3 is 0 Å². The van der Waals surface area contributed by atoms with E-state index in [4.69, 9.17) is 0 Å². The summed E-state index contributed by atoms with van der Waals surface area (Å²) in [4.78, 5) is 0. The molecule has 2 rings (SSSR count). The summed E-state index contributed by atoms with van der Waals surface area (Å²) in [7, 11) is 2.11. The van der Waals surface area contributed by atoms with Crippen molar-refractivity contribution < 1.29 is 0 Å². The van der Waals surface area contributed by atoms with E-state index in [1.54, 1.807) is 5.56 Å². The summed E-state index contributed by atoms with van der Waals surface area (Å²) in [5.41, 5.74) is 6.36. The van der Waals surface area contributed by atoms with E-state index in [1.807, 2.05) is 0 Å². The molecular weight excluding hydrogens is 218 g/mol. The lowest BCUT2D eigenvalue weighted by Gasteiger charge is -2.21. The molecule has 2 atom stereocenters. The molecule has 1 aromatic rings. The highest BCUT2D eigenvalue weighted by Gasteiger charge is 2.49. The van der Waals surface area contributed by atoms with Gasteiger partial charge in [0.2, 0.25) is 0 Å². The van der Waals surface area contributed by atoms with Crippen LogP contribution in [0.3, 0.4) is 0 Å². The lowest BCUT2D eigenvalue weighted by molar-refractivity contribution is 0.425. The second kappa shape index (κ2) is 4.70. The van der Waals surface area contributed by atoms with Crippen molar-refractivity contribution in [2.45, 2.75) is 53.5 Å². The van der Waals surface area contributed by atoms with Crippen LogP contribution in [0.15, 0.2) is 12.1 Å². The number of rotatable bonds is 4. The van der Waals surface area contributed by atoms with Crippen molar-refractivity contribution in [3.8, 4) is 0 Å². The van der Waals surface area contributed by atoms with Gasteiger partial charge in [0, 0.05) is 6.04 Å². The quantitative estimate of drug-likeness (QED) is 0.851. The summed E-state index contributed by atoms with van der Waals surface area (Å²) in [6.07, 6.45) is 2.53. The van der Waals surface area contributed by atoms with E-state index in [0.29, 0.717) is 11.5 Å². The zero-order valence-electron chi connectivity index (χ0n) is 12.7. The lowest BCUT2D eigenvalue weighted by atomic mass is 9.91. The van der Waals surface area contributed by atoms with Gasteiger partial charge in [0.25, 0.3) is 0 Å². The van der Waals surface area contributed by atoms with Crippen LogP contribution in [0, 0.1) is 32.1 Å². The van der Waals surface area contributed by atoms with Crippen LogP contribution in [0.25, 0.3) is 0 Å². The summed E-state index contributed by atoms with van der Waals surface area (Å²) in [6, 6.07) is 5.25. The fraction of sp³-hybridized carbons (Fsp3) is 0.647. The predicted octanol–water partition coefficient (Wildman–Crippen LogP) is 3.79. The van der Waals surface area contributed by atoms with Gasteiger partial charge < -0.3 is 5.32 Å². The molecule has 0 heterocycles. The maximum absolute atomic E-state index is 3.54. The minimum Gasteiger partial charge on any atom is -0.316 e. The van der Waals surface area contributed by atoms with Crippen molar-refractivity contribution in [1.82, 2.24) is 5.32 Å². The maximum Gasteiger partial charge on any atom is 0.0138 e. The summed E-state index contributed by atoms with van der Waals surface area (Å²) < 4.78 is 0. The van der Waals surface area contributed by atoms with Crippen LogP contribution in [-0.4, -0.2) is 13.1 Å². The molecule has 1 aliphatic rings. The van der Waals surface area contributed by atoms with Crippen LogP contribution in [0.4, 0.5) is 0 Å². The zero-order valence-corrected chi connectivity index (χ0v) is 12.7. The average Bonchev–Trinajstić information content (AvgIpc) is 2.86. The van der Waals surface area contributed by atoms with Gasteiger partial charge in [0.15, 0.2) is 0 Å². The summed E-state index contributed by atoms with van der Waals surface area (Å²) in [6.45, 7) is 11.5. The van der Waals surface area contributed by atoms with Gasteiger partial charge in [-0.25, -0.2) is 0 Å². The number of likely N-dealkylation sites (N-methyl/N-ethyl adjacent to an activating group) is 1. The number of hydrogen-bond donors (Lipinski definition) is 1. The van der Waals surface area contributed by atoms with E-state index in [0.717, 1.165) is 5.92 Å². The minimum atomic E-state index is 0.542. The van der Waals surface area contributed by atoms with Crippen molar-refractivity contribution in [2.24, 2.45) is 11.3 Å². The number of nitrogens with one attached hydrogen (secondary N) is 1. The fourth-order valence-corrected chi connectivity index (χ4v) is 3.39. The van der Waals surface area contributed by atoms with Gasteiger partial charge in [0.05, 0.1) is 0 Å². The summed E-state index contributed by atoms with van der Waals surface area (Å²) in [5.74, 6) is 0.836. The monoisotopic (exact) mass is 245 g/mol. The Morgan fingerprint density at radius 3 is 2.11 bits per heavy atom. The number of benzene rings is 1. The molecule has 0 spiro atoms. The third kappa shape index (κ3) is 2.61. The van der Waals surface area contributed by atoms with E-state index in [-0.39, 0.29) is 0 Å². The van der Waals surface area contributed by atoms with Crippen molar-refractivity contribution in [3.05, 3.63) is 34.4 Å². The normalized spacial score (nSPS) is 22.9. The van der Waals surface area contributed by atoms with Crippen LogP contribution in [0.1, 0.15) is 42.5 Å². The van der Waals surface area contributed by atoms with Gasteiger partial charge in [-0.2, -0.15) is 0 Å².